The Morgan fingerprint density at radius 2 is 2.31 bits per heavy atom. The number of aromatic nitrogens is 3. The maximum absolute atomic E-state index is 11.6. The lowest BCUT2D eigenvalue weighted by molar-refractivity contribution is 0.711. The van der Waals surface area contributed by atoms with Crippen LogP contribution in [0.15, 0.2) is 23.1 Å². The third kappa shape index (κ3) is 0.983. The molecule has 0 aliphatic carbocycles. The number of hydrogen-bond donors (Lipinski definition) is 0. The summed E-state index contributed by atoms with van der Waals surface area (Å²) in [6.07, 6.45) is 1.70. The highest BCUT2D eigenvalue weighted by Crippen LogP contribution is 2.07. The van der Waals surface area contributed by atoms with Crippen LogP contribution >= 0.6 is 0 Å². The molecule has 0 saturated carbocycles. The molecule has 0 aliphatic heterocycles. The van der Waals surface area contributed by atoms with E-state index in [2.05, 4.69) is 4.98 Å². The van der Waals surface area contributed by atoms with E-state index in [4.69, 9.17) is 0 Å². The van der Waals surface area contributed by atoms with Crippen LogP contribution in [0.5, 0.6) is 0 Å². The van der Waals surface area contributed by atoms with Gasteiger partial charge in [0.25, 0.3) is 0 Å². The zero-order chi connectivity index (χ0) is 9.42. The van der Waals surface area contributed by atoms with Crippen LogP contribution in [-0.2, 0) is 13.6 Å². The summed E-state index contributed by atoms with van der Waals surface area (Å²) >= 11 is 0. The van der Waals surface area contributed by atoms with Crippen molar-refractivity contribution in [1.82, 2.24) is 14.1 Å². The van der Waals surface area contributed by atoms with E-state index < -0.39 is 0 Å². The topological polar surface area (TPSA) is 39.8 Å². The highest BCUT2D eigenvalue weighted by molar-refractivity contribution is 5.70. The zero-order valence-electron chi connectivity index (χ0n) is 7.69. The summed E-state index contributed by atoms with van der Waals surface area (Å²) in [7, 11) is 1.74. The fraction of sp³-hybridized carbons (Fsp3) is 0.333. The molecule has 2 rings (SSSR count). The minimum atomic E-state index is -0.00352. The molecule has 0 bridgehead atoms. The van der Waals surface area contributed by atoms with Crippen LogP contribution in [0.2, 0.25) is 0 Å². The summed E-state index contributed by atoms with van der Waals surface area (Å²) in [4.78, 5) is 15.8. The summed E-state index contributed by atoms with van der Waals surface area (Å²) in [5.74, 6) is 0. The lowest BCUT2D eigenvalue weighted by Crippen LogP contribution is -2.21. The summed E-state index contributed by atoms with van der Waals surface area (Å²) in [6.45, 7) is 2.63. The summed E-state index contributed by atoms with van der Waals surface area (Å²) in [5, 5.41) is 0. The minimum absolute atomic E-state index is 0.00352. The number of aryl methyl sites for hydroxylation is 2. The molecule has 0 N–H and O–H groups in total. The third-order valence-corrected chi connectivity index (χ3v) is 2.21. The summed E-state index contributed by atoms with van der Waals surface area (Å²) in [5.41, 5.74) is 1.64. The van der Waals surface area contributed by atoms with Gasteiger partial charge in [0, 0.05) is 19.8 Å². The zero-order valence-corrected chi connectivity index (χ0v) is 7.69. The van der Waals surface area contributed by atoms with Gasteiger partial charge in [-0.1, -0.05) is 0 Å². The number of nitrogens with zero attached hydrogens (tertiary/aromatic N) is 3. The Hall–Kier alpha value is -1.58. The van der Waals surface area contributed by atoms with Crippen LogP contribution in [0.1, 0.15) is 6.92 Å². The number of imidazole rings is 1. The normalized spacial score (nSPS) is 10.9. The van der Waals surface area contributed by atoms with Crippen molar-refractivity contribution in [3.05, 3.63) is 28.8 Å². The summed E-state index contributed by atoms with van der Waals surface area (Å²) in [6, 6.07) is 3.75. The van der Waals surface area contributed by atoms with Crippen LogP contribution < -0.4 is 5.69 Å². The van der Waals surface area contributed by atoms with E-state index in [1.807, 2.05) is 19.1 Å². The standard InChI is InChI=1S/C9H11N3O/c1-3-12-7-5-4-6-10-8(7)11(2)9(12)13/h4-6H,3H2,1-2H3. The Morgan fingerprint density at radius 1 is 1.54 bits per heavy atom. The minimum Gasteiger partial charge on any atom is -0.291 e. The van der Waals surface area contributed by atoms with E-state index in [0.29, 0.717) is 6.54 Å². The Morgan fingerprint density at radius 3 is 3.00 bits per heavy atom. The van der Waals surface area contributed by atoms with Gasteiger partial charge in [-0.2, -0.15) is 0 Å². The van der Waals surface area contributed by atoms with Crippen LogP contribution in [-0.4, -0.2) is 14.1 Å². The highest BCUT2D eigenvalue weighted by atomic mass is 16.1. The molecule has 68 valence electrons. The van der Waals surface area contributed by atoms with Gasteiger partial charge in [0.15, 0.2) is 5.65 Å². The van der Waals surface area contributed by atoms with Gasteiger partial charge in [-0.15, -0.1) is 0 Å². The van der Waals surface area contributed by atoms with Gasteiger partial charge < -0.3 is 0 Å². The van der Waals surface area contributed by atoms with Gasteiger partial charge in [-0.25, -0.2) is 9.78 Å². The fourth-order valence-electron chi connectivity index (χ4n) is 1.54. The first-order valence-corrected chi connectivity index (χ1v) is 4.26. The SMILES string of the molecule is CCn1c(=O)n(C)c2ncccc21. The van der Waals surface area contributed by atoms with Crippen molar-refractivity contribution in [3.63, 3.8) is 0 Å². The lowest BCUT2D eigenvalue weighted by atomic mass is 10.4. The van der Waals surface area contributed by atoms with E-state index >= 15 is 0 Å². The molecular weight excluding hydrogens is 166 g/mol. The molecule has 4 nitrogen and oxygen atoms in total. The molecule has 0 fully saturated rings. The second-order valence-electron chi connectivity index (χ2n) is 2.93. The second kappa shape index (κ2) is 2.73. The van der Waals surface area contributed by atoms with Crippen molar-refractivity contribution in [2.45, 2.75) is 13.5 Å². The molecule has 0 aromatic carbocycles. The monoisotopic (exact) mass is 177 g/mol. The molecular formula is C9H11N3O. The number of rotatable bonds is 1. The fourth-order valence-corrected chi connectivity index (χ4v) is 1.54. The molecule has 0 aliphatic rings. The smallest absolute Gasteiger partial charge is 0.291 e. The molecule has 2 aromatic heterocycles. The maximum Gasteiger partial charge on any atom is 0.330 e. The second-order valence-corrected chi connectivity index (χ2v) is 2.93. The van der Waals surface area contributed by atoms with Crippen molar-refractivity contribution in [3.8, 4) is 0 Å². The van der Waals surface area contributed by atoms with Crippen molar-refractivity contribution in [1.29, 1.82) is 0 Å². The van der Waals surface area contributed by atoms with Gasteiger partial charge in [0.2, 0.25) is 0 Å². The number of hydrogen-bond acceptors (Lipinski definition) is 2. The number of pyridine rings is 1. The van der Waals surface area contributed by atoms with Gasteiger partial charge in [-0.3, -0.25) is 9.13 Å². The first-order chi connectivity index (χ1) is 6.25. The molecule has 0 saturated heterocycles. The van der Waals surface area contributed by atoms with Crippen LogP contribution in [0, 0.1) is 0 Å². The molecule has 2 heterocycles. The van der Waals surface area contributed by atoms with Crippen molar-refractivity contribution < 1.29 is 0 Å². The molecule has 0 atom stereocenters. The molecule has 0 amide bonds. The lowest BCUT2D eigenvalue weighted by Gasteiger charge is -1.94. The Bertz CT molecular complexity index is 495. The molecule has 0 spiro atoms. The largest absolute Gasteiger partial charge is 0.330 e. The van der Waals surface area contributed by atoms with E-state index in [-0.39, 0.29) is 5.69 Å². The average Bonchev–Trinajstić information content (AvgIpc) is 2.41. The molecule has 2 aromatic rings. The third-order valence-electron chi connectivity index (χ3n) is 2.21. The summed E-state index contributed by atoms with van der Waals surface area (Å²) < 4.78 is 3.28. The van der Waals surface area contributed by atoms with Crippen molar-refractivity contribution >= 4 is 11.2 Å². The first kappa shape index (κ1) is 8.04. The quantitative estimate of drug-likeness (QED) is 0.645. The van der Waals surface area contributed by atoms with Crippen molar-refractivity contribution in [2.24, 2.45) is 7.05 Å². The average molecular weight is 177 g/mol. The van der Waals surface area contributed by atoms with Gasteiger partial charge in [0.05, 0.1) is 5.52 Å². The van der Waals surface area contributed by atoms with Gasteiger partial charge in [0.1, 0.15) is 0 Å². The van der Waals surface area contributed by atoms with Crippen LogP contribution in [0.3, 0.4) is 0 Å². The van der Waals surface area contributed by atoms with E-state index in [9.17, 15) is 4.79 Å². The Kier molecular flexibility index (Phi) is 1.69. The van der Waals surface area contributed by atoms with E-state index in [0.717, 1.165) is 11.2 Å². The van der Waals surface area contributed by atoms with E-state index in [1.165, 1.54) is 0 Å². The molecule has 4 heteroatoms. The van der Waals surface area contributed by atoms with Crippen LogP contribution in [0.4, 0.5) is 0 Å². The highest BCUT2D eigenvalue weighted by Gasteiger charge is 2.08. The van der Waals surface area contributed by atoms with Gasteiger partial charge >= 0.3 is 5.69 Å². The van der Waals surface area contributed by atoms with Crippen LogP contribution in [0.25, 0.3) is 11.2 Å². The van der Waals surface area contributed by atoms with Crippen molar-refractivity contribution in [2.75, 3.05) is 0 Å². The predicted molar refractivity (Wildman–Crippen MR) is 50.6 cm³/mol. The molecule has 13 heavy (non-hydrogen) atoms. The maximum atomic E-state index is 11.6. The van der Waals surface area contributed by atoms with Gasteiger partial charge in [-0.05, 0) is 19.1 Å². The predicted octanol–water partition coefficient (Wildman–Crippen LogP) is 0.755. The first-order valence-electron chi connectivity index (χ1n) is 4.26. The Balaban J connectivity index is 2.98. The molecule has 0 radical (unpaired) electrons. The van der Waals surface area contributed by atoms with E-state index in [1.54, 1.807) is 22.4 Å². The Labute approximate surface area is 75.4 Å². The molecule has 0 unspecified atom stereocenters. The number of fused-ring (bicyclic) bond motifs is 1.